The minimum atomic E-state index is -3.52. The lowest BCUT2D eigenvalue weighted by Crippen LogP contribution is -2.43. The van der Waals surface area contributed by atoms with Crippen molar-refractivity contribution in [1.29, 1.82) is 5.41 Å². The largest absolute Gasteiger partial charge is 0.497 e. The molecule has 1 aliphatic rings. The number of ether oxygens (including phenoxy) is 1. The van der Waals surface area contributed by atoms with Crippen molar-refractivity contribution in [1.82, 2.24) is 4.31 Å². The van der Waals surface area contributed by atoms with Gasteiger partial charge in [0.1, 0.15) is 10.1 Å². The summed E-state index contributed by atoms with van der Waals surface area (Å²) in [6.07, 6.45) is 3.50. The zero-order valence-electron chi connectivity index (χ0n) is 15.1. The van der Waals surface area contributed by atoms with Gasteiger partial charge in [-0.1, -0.05) is 18.2 Å². The van der Waals surface area contributed by atoms with Crippen LogP contribution in [0.5, 0.6) is 5.75 Å². The minimum absolute atomic E-state index is 0.0240. The first-order chi connectivity index (χ1) is 12.3. The highest BCUT2D eigenvalue weighted by Crippen LogP contribution is 2.29. The first kappa shape index (κ1) is 21.3. The summed E-state index contributed by atoms with van der Waals surface area (Å²) in [7, 11) is -1.96. The van der Waals surface area contributed by atoms with Crippen LogP contribution in [-0.4, -0.2) is 47.6 Å². The second-order valence-corrected chi connectivity index (χ2v) is 10.6. The van der Waals surface area contributed by atoms with Crippen molar-refractivity contribution in [3.8, 4) is 5.75 Å². The fourth-order valence-electron chi connectivity index (χ4n) is 2.93. The van der Waals surface area contributed by atoms with Gasteiger partial charge in [-0.05, 0) is 55.3 Å². The maximum absolute atomic E-state index is 13.1. The number of hydrogen-bond donors (Lipinski definition) is 2. The zero-order chi connectivity index (χ0) is 19.2. The van der Waals surface area contributed by atoms with E-state index in [1.54, 1.807) is 42.6 Å². The fraction of sp³-hybridized carbons (Fsp3) is 0.529. The molecule has 2 rings (SSSR count). The average Bonchev–Trinajstić information content (AvgIpc) is 2.61. The number of nitrogens with zero attached hydrogens (tertiary/aromatic N) is 1. The van der Waals surface area contributed by atoms with Gasteiger partial charge in [0.05, 0.1) is 12.0 Å². The molecule has 1 heterocycles. The molecule has 1 saturated heterocycles. The van der Waals surface area contributed by atoms with Crippen molar-refractivity contribution in [2.45, 2.75) is 43.5 Å². The second-order valence-electron chi connectivity index (χ2n) is 6.08. The van der Waals surface area contributed by atoms with Crippen molar-refractivity contribution >= 4 is 43.0 Å². The Morgan fingerprint density at radius 1 is 1.35 bits per heavy atom. The summed E-state index contributed by atoms with van der Waals surface area (Å²) in [6, 6.07) is 6.52. The van der Waals surface area contributed by atoms with E-state index < -0.39 is 10.0 Å². The van der Waals surface area contributed by atoms with Crippen molar-refractivity contribution in [3.05, 3.63) is 24.3 Å². The standard InChI is InChI=1S/C17H25N3O3S3/c1-13(18)25-17(19)24-12-10-14-5-3-4-11-20(14)26(21,22)16-8-6-15(23-2)7-9-16/h6-9,14,18-19H,3-5,10-12H2,1-2H3/p+1. The Balaban J connectivity index is 2.04. The van der Waals surface area contributed by atoms with Crippen LogP contribution in [-0.2, 0) is 10.0 Å². The van der Waals surface area contributed by atoms with Gasteiger partial charge < -0.3 is 4.74 Å². The molecule has 1 atom stereocenters. The molecule has 0 aliphatic carbocycles. The molecular weight excluding hydrogens is 390 g/mol. The molecule has 0 bridgehead atoms. The Labute approximate surface area is 164 Å². The number of piperidine rings is 1. The smallest absolute Gasteiger partial charge is 0.243 e. The third-order valence-electron chi connectivity index (χ3n) is 4.18. The maximum atomic E-state index is 13.1. The molecule has 1 aliphatic heterocycles. The molecule has 0 spiro atoms. The Kier molecular flexibility index (Phi) is 8.00. The average molecular weight is 417 g/mol. The Morgan fingerprint density at radius 3 is 2.65 bits per heavy atom. The lowest BCUT2D eigenvalue weighted by atomic mass is 10.0. The van der Waals surface area contributed by atoms with E-state index in [2.05, 4.69) is 0 Å². The van der Waals surface area contributed by atoms with E-state index in [9.17, 15) is 8.42 Å². The summed E-state index contributed by atoms with van der Waals surface area (Å²) < 4.78 is 33.3. The number of nitrogens with two attached hydrogens (primary N) is 1. The molecular formula is C17H26N3O3S3+. The van der Waals surface area contributed by atoms with Gasteiger partial charge in [-0.3, -0.25) is 10.8 Å². The number of sulfonamides is 1. The van der Waals surface area contributed by atoms with E-state index in [0.717, 1.165) is 25.7 Å². The van der Waals surface area contributed by atoms with Crippen molar-refractivity contribution in [3.63, 3.8) is 0 Å². The lowest BCUT2D eigenvalue weighted by molar-refractivity contribution is -0.109. The highest BCUT2D eigenvalue weighted by atomic mass is 32.2. The van der Waals surface area contributed by atoms with E-state index >= 15 is 0 Å². The number of hydrogen-bond acceptors (Lipinski definition) is 6. The summed E-state index contributed by atoms with van der Waals surface area (Å²) >= 11 is 2.66. The van der Waals surface area contributed by atoms with Crippen LogP contribution in [0.3, 0.4) is 0 Å². The predicted molar refractivity (Wildman–Crippen MR) is 110 cm³/mol. The van der Waals surface area contributed by atoms with E-state index in [0.29, 0.717) is 32.4 Å². The summed E-state index contributed by atoms with van der Waals surface area (Å²) in [6.45, 7) is 2.32. The van der Waals surface area contributed by atoms with Crippen LogP contribution in [0.2, 0.25) is 0 Å². The number of thioether (sulfide) groups is 2. The van der Waals surface area contributed by atoms with E-state index in [4.69, 9.17) is 15.6 Å². The Hall–Kier alpha value is -1.03. The van der Waals surface area contributed by atoms with Crippen LogP contribution in [0.25, 0.3) is 0 Å². The van der Waals surface area contributed by atoms with Gasteiger partial charge in [0, 0.05) is 25.3 Å². The molecule has 6 nitrogen and oxygen atoms in total. The third kappa shape index (κ3) is 5.73. The summed E-state index contributed by atoms with van der Waals surface area (Å²) in [5.41, 5.74) is 0. The number of rotatable bonds is 6. The first-order valence-electron chi connectivity index (χ1n) is 8.48. The van der Waals surface area contributed by atoms with E-state index in [-0.39, 0.29) is 6.04 Å². The molecule has 3 N–H and O–H groups in total. The predicted octanol–water partition coefficient (Wildman–Crippen LogP) is 2.21. The lowest BCUT2D eigenvalue weighted by Gasteiger charge is -2.34. The summed E-state index contributed by atoms with van der Waals surface area (Å²) in [5.74, 6) is 1.34. The van der Waals surface area contributed by atoms with Crippen LogP contribution >= 0.6 is 23.5 Å². The monoisotopic (exact) mass is 416 g/mol. The molecule has 9 heteroatoms. The molecule has 144 valence electrons. The molecule has 1 aromatic rings. The number of benzene rings is 1. The molecule has 0 radical (unpaired) electrons. The molecule has 0 amide bonds. The van der Waals surface area contributed by atoms with E-state index in [1.807, 2.05) is 0 Å². The number of methoxy groups -OCH3 is 1. The van der Waals surface area contributed by atoms with Crippen LogP contribution in [0.1, 0.15) is 32.6 Å². The number of nitrogens with one attached hydrogen (secondary N) is 1. The quantitative estimate of drug-likeness (QED) is 0.547. The minimum Gasteiger partial charge on any atom is -0.497 e. The molecule has 0 saturated carbocycles. The van der Waals surface area contributed by atoms with Crippen LogP contribution < -0.4 is 10.1 Å². The van der Waals surface area contributed by atoms with Crippen LogP contribution in [0.15, 0.2) is 29.2 Å². The zero-order valence-corrected chi connectivity index (χ0v) is 17.6. The third-order valence-corrected chi connectivity index (χ3v) is 7.96. The van der Waals surface area contributed by atoms with Crippen molar-refractivity contribution in [2.24, 2.45) is 0 Å². The fourth-order valence-corrected chi connectivity index (χ4v) is 6.40. The van der Waals surface area contributed by atoms with Crippen LogP contribution in [0.4, 0.5) is 0 Å². The Bertz CT molecular complexity index is 735. The normalized spacial score (nSPS) is 18.5. The van der Waals surface area contributed by atoms with Gasteiger partial charge in [0.15, 0.2) is 0 Å². The molecule has 0 aromatic heterocycles. The topological polar surface area (TPSA) is 96.1 Å². The molecule has 1 fully saturated rings. The van der Waals surface area contributed by atoms with Crippen molar-refractivity contribution in [2.75, 3.05) is 19.4 Å². The van der Waals surface area contributed by atoms with Crippen molar-refractivity contribution < 1.29 is 18.6 Å². The van der Waals surface area contributed by atoms with Gasteiger partial charge in [-0.2, -0.15) is 4.31 Å². The van der Waals surface area contributed by atoms with Gasteiger partial charge in [0.2, 0.25) is 15.1 Å². The van der Waals surface area contributed by atoms with Gasteiger partial charge >= 0.3 is 0 Å². The van der Waals surface area contributed by atoms with Gasteiger partial charge in [0.25, 0.3) is 0 Å². The highest BCUT2D eigenvalue weighted by molar-refractivity contribution is 8.44. The first-order valence-corrected chi connectivity index (χ1v) is 11.7. The SMILES string of the molecule is COc1ccc(S(=O)(=O)N2CCCCC2CCSC(=N)SC(C)=[NH2+])cc1. The second kappa shape index (κ2) is 9.77. The maximum Gasteiger partial charge on any atom is 0.243 e. The highest BCUT2D eigenvalue weighted by Gasteiger charge is 2.33. The molecule has 26 heavy (non-hydrogen) atoms. The molecule has 1 aromatic carbocycles. The summed E-state index contributed by atoms with van der Waals surface area (Å²) in [4.78, 5) is 0.300. The van der Waals surface area contributed by atoms with E-state index in [1.165, 1.54) is 23.5 Å². The van der Waals surface area contributed by atoms with Gasteiger partial charge in [-0.25, -0.2) is 8.42 Å². The van der Waals surface area contributed by atoms with Crippen LogP contribution in [0, 0.1) is 5.41 Å². The summed E-state index contributed by atoms with van der Waals surface area (Å²) in [5, 5.41) is 14.1. The Morgan fingerprint density at radius 2 is 2.04 bits per heavy atom. The molecule has 1 unspecified atom stereocenters. The van der Waals surface area contributed by atoms with Gasteiger partial charge in [-0.15, -0.1) is 0 Å².